The van der Waals surface area contributed by atoms with E-state index in [1.165, 1.54) is 13.8 Å². The molecule has 0 aliphatic rings. The van der Waals surface area contributed by atoms with E-state index < -0.39 is 0 Å². The Hall–Kier alpha value is 1.13. The van der Waals surface area contributed by atoms with Crippen LogP contribution in [0.1, 0.15) is 13.8 Å². The average Bonchev–Trinajstić information content (AvgIpc) is 2.07. The maximum atomic E-state index is 9.44. The summed E-state index contributed by atoms with van der Waals surface area (Å²) in [5.41, 5.74) is 0. The van der Waals surface area contributed by atoms with Crippen molar-refractivity contribution < 1.29 is 9.90 Å². The zero-order valence-corrected chi connectivity index (χ0v) is 15.4. The van der Waals surface area contributed by atoms with Gasteiger partial charge in [0, 0.05) is 38.5 Å². The molecule has 0 atom stereocenters. The molecule has 1 aromatic rings. The summed E-state index contributed by atoms with van der Waals surface area (Å²) in [6.45, 7) is 3.06. The molecule has 1 N–H and O–H groups in total. The Morgan fingerprint density at radius 1 is 1.13 bits per heavy atom. The van der Waals surface area contributed by atoms with E-state index in [0.29, 0.717) is 4.47 Å². The van der Waals surface area contributed by atoms with Crippen LogP contribution in [0.4, 0.5) is 0 Å². The number of rotatable bonds is 0. The Morgan fingerprint density at radius 2 is 1.53 bits per heavy atom. The fraction of sp³-hybridized carbons (Fsp3) is 0.222. The predicted molar refractivity (Wildman–Crippen MR) is 73.3 cm³/mol. The van der Waals surface area contributed by atoms with E-state index in [0.717, 1.165) is 8.95 Å². The van der Waals surface area contributed by atoms with Crippen LogP contribution in [0.15, 0.2) is 25.6 Å². The molecule has 0 heterocycles. The number of carbonyl (C=O) groups is 1. The summed E-state index contributed by atoms with van der Waals surface area (Å²) < 4.78 is 2.41. The van der Waals surface area contributed by atoms with Crippen molar-refractivity contribution in [2.24, 2.45) is 0 Å². The van der Waals surface area contributed by atoms with Gasteiger partial charge in [-0.05, 0) is 73.8 Å². The molecule has 0 saturated heterocycles. The van der Waals surface area contributed by atoms with Crippen molar-refractivity contribution in [3.8, 4) is 5.75 Å². The number of phenolic OH excluding ortho intramolecular Hbond substituents is 1. The number of Topliss-reactive ketones (excluding diaryl/α,β-unsaturated/α-hetero) is 1. The third-order valence-electron chi connectivity index (χ3n) is 1.01. The van der Waals surface area contributed by atoms with Crippen LogP contribution >= 0.6 is 47.8 Å². The quantitative estimate of drug-likeness (QED) is 0.519. The molecule has 2 nitrogen and oxygen atoms in total. The number of ketones is 1. The Balaban J connectivity index is 0. The first-order valence-electron chi connectivity index (χ1n) is 3.66. The molecule has 6 heteroatoms. The molecule has 0 fully saturated rings. The van der Waals surface area contributed by atoms with Crippen molar-refractivity contribution in [1.82, 2.24) is 0 Å². The summed E-state index contributed by atoms with van der Waals surface area (Å²) in [7, 11) is 0. The van der Waals surface area contributed by atoms with Crippen LogP contribution in [0, 0.1) is 0 Å². The monoisotopic (exact) mass is 409 g/mol. The first-order valence-corrected chi connectivity index (χ1v) is 6.03. The Labute approximate surface area is 137 Å². The van der Waals surface area contributed by atoms with Crippen molar-refractivity contribution in [3.63, 3.8) is 0 Å². The molecule has 1 rings (SSSR count). The van der Waals surface area contributed by atoms with Gasteiger partial charge in [0.1, 0.15) is 11.5 Å². The van der Waals surface area contributed by atoms with E-state index in [1.807, 2.05) is 0 Å². The van der Waals surface area contributed by atoms with Gasteiger partial charge in [-0.2, -0.15) is 0 Å². The molecule has 0 bridgehead atoms. The van der Waals surface area contributed by atoms with Gasteiger partial charge in [0.25, 0.3) is 0 Å². The van der Waals surface area contributed by atoms with Gasteiger partial charge in [0.15, 0.2) is 0 Å². The third-order valence-corrected chi connectivity index (χ3v) is 4.37. The molecule has 15 heavy (non-hydrogen) atoms. The molecule has 0 unspecified atom stereocenters. The van der Waals surface area contributed by atoms with Gasteiger partial charge in [-0.25, -0.2) is 0 Å². The Morgan fingerprint density at radius 3 is 1.87 bits per heavy atom. The van der Waals surface area contributed by atoms with Gasteiger partial charge in [-0.1, -0.05) is 0 Å². The first kappa shape index (κ1) is 18.5. The van der Waals surface area contributed by atoms with E-state index in [2.05, 4.69) is 47.8 Å². The number of hydrogen-bond donors (Lipinski definition) is 1. The summed E-state index contributed by atoms with van der Waals surface area (Å²) in [4.78, 5) is 9.44. The summed E-state index contributed by atoms with van der Waals surface area (Å²) in [6.07, 6.45) is 0. The van der Waals surface area contributed by atoms with E-state index >= 15 is 0 Å². The van der Waals surface area contributed by atoms with E-state index in [-0.39, 0.29) is 41.1 Å². The van der Waals surface area contributed by atoms with Crippen LogP contribution in [0.25, 0.3) is 0 Å². The van der Waals surface area contributed by atoms with Crippen molar-refractivity contribution >= 4 is 83.1 Å². The number of benzene rings is 1. The molecule has 1 radical (unpaired) electrons. The molecule has 0 spiro atoms. The van der Waals surface area contributed by atoms with E-state index in [1.54, 1.807) is 12.1 Å². The van der Waals surface area contributed by atoms with Gasteiger partial charge in [-0.15, -0.1) is 0 Å². The fourth-order valence-corrected chi connectivity index (χ4v) is 1.79. The largest absolute Gasteiger partial charge is 0.507 e. The summed E-state index contributed by atoms with van der Waals surface area (Å²) in [5.74, 6) is 0.398. The normalized spacial score (nSPS) is 8.33. The minimum atomic E-state index is 0. The topological polar surface area (TPSA) is 37.3 Å². The fourth-order valence-electron chi connectivity index (χ4n) is 0.516. The van der Waals surface area contributed by atoms with E-state index in [4.69, 9.17) is 5.11 Å². The molecule has 0 aliphatic heterocycles. The number of hydrogen-bond acceptors (Lipinski definition) is 2. The number of halogens is 3. The summed E-state index contributed by atoms with van der Waals surface area (Å²) in [5, 5.41) is 9.13. The zero-order valence-electron chi connectivity index (χ0n) is 8.64. The van der Waals surface area contributed by atoms with Crippen LogP contribution in [-0.4, -0.2) is 40.4 Å². The second-order valence-electron chi connectivity index (χ2n) is 2.60. The number of carbonyl (C=O) groups excluding carboxylic acids is 1. The SMILES string of the molecule is CC(C)=O.Oc1ccc(Br)c(Br)c1Br.[Na]. The molecular formula is C9H9Br3NaO2. The maximum Gasteiger partial charge on any atom is 0.130 e. The van der Waals surface area contributed by atoms with Gasteiger partial charge in [0.05, 0.1) is 4.47 Å². The number of phenols is 1. The van der Waals surface area contributed by atoms with Gasteiger partial charge >= 0.3 is 0 Å². The molecule has 0 amide bonds. The first-order chi connectivity index (χ1) is 6.36. The Bertz CT molecular complexity index is 311. The van der Waals surface area contributed by atoms with E-state index in [9.17, 15) is 4.79 Å². The van der Waals surface area contributed by atoms with Crippen LogP contribution in [-0.2, 0) is 4.79 Å². The second kappa shape index (κ2) is 9.19. The standard InChI is InChI=1S/C6H3Br3O.C3H6O.Na/c7-3-1-2-4(10)6(9)5(3)8;1-3(2)4;/h1-2,10H;1-2H3;. The van der Waals surface area contributed by atoms with Gasteiger partial charge < -0.3 is 9.90 Å². The van der Waals surface area contributed by atoms with Crippen molar-refractivity contribution in [2.45, 2.75) is 13.8 Å². The van der Waals surface area contributed by atoms with Crippen molar-refractivity contribution in [1.29, 1.82) is 0 Å². The molecule has 1 aromatic carbocycles. The molecule has 0 aromatic heterocycles. The molecular weight excluding hydrogens is 403 g/mol. The van der Waals surface area contributed by atoms with Crippen LogP contribution in [0.2, 0.25) is 0 Å². The molecule has 0 saturated carbocycles. The average molecular weight is 412 g/mol. The molecule has 0 aliphatic carbocycles. The summed E-state index contributed by atoms with van der Waals surface area (Å²) in [6, 6.07) is 3.38. The Kier molecular flexibility index (Phi) is 11.3. The smallest absolute Gasteiger partial charge is 0.130 e. The maximum absolute atomic E-state index is 9.44. The summed E-state index contributed by atoms with van der Waals surface area (Å²) >= 11 is 9.77. The predicted octanol–water partition coefficient (Wildman–Crippen LogP) is 3.89. The second-order valence-corrected chi connectivity index (χ2v) is 5.04. The van der Waals surface area contributed by atoms with Gasteiger partial charge in [-0.3, -0.25) is 0 Å². The van der Waals surface area contributed by atoms with Crippen LogP contribution < -0.4 is 0 Å². The van der Waals surface area contributed by atoms with Crippen molar-refractivity contribution in [3.05, 3.63) is 25.6 Å². The number of aromatic hydroxyl groups is 1. The van der Waals surface area contributed by atoms with Crippen LogP contribution in [0.5, 0.6) is 5.75 Å². The molecule has 79 valence electrons. The van der Waals surface area contributed by atoms with Crippen molar-refractivity contribution in [2.75, 3.05) is 0 Å². The minimum absolute atomic E-state index is 0. The minimum Gasteiger partial charge on any atom is -0.507 e. The van der Waals surface area contributed by atoms with Crippen LogP contribution in [0.3, 0.4) is 0 Å². The van der Waals surface area contributed by atoms with Gasteiger partial charge in [0.2, 0.25) is 0 Å². The zero-order chi connectivity index (χ0) is 11.3. The third kappa shape index (κ3) is 7.94.